The molecule has 0 aliphatic carbocycles. The van der Waals surface area contributed by atoms with Crippen molar-refractivity contribution in [1.82, 2.24) is 4.90 Å². The maximum Gasteiger partial charge on any atom is 0.173 e. The average molecular weight is 460 g/mol. The summed E-state index contributed by atoms with van der Waals surface area (Å²) in [6, 6.07) is 12.0. The van der Waals surface area contributed by atoms with Crippen molar-refractivity contribution in [2.24, 2.45) is 4.99 Å². The minimum atomic E-state index is -1.25. The Bertz CT molecular complexity index is 1130. The van der Waals surface area contributed by atoms with Crippen LogP contribution in [0.5, 0.6) is 5.75 Å². The lowest BCUT2D eigenvalue weighted by Gasteiger charge is -2.35. The number of carbonyl (C=O) groups excluding carboxylic acids is 1. The Morgan fingerprint density at radius 3 is 2.70 bits per heavy atom. The Morgan fingerprint density at radius 1 is 1.27 bits per heavy atom. The van der Waals surface area contributed by atoms with Crippen LogP contribution in [0.1, 0.15) is 30.5 Å². The third-order valence-electron chi connectivity index (χ3n) is 4.96. The summed E-state index contributed by atoms with van der Waals surface area (Å²) in [4.78, 5) is 19.5. The molecule has 2 aromatic carbocycles. The molecule has 2 aliphatic rings. The van der Waals surface area contributed by atoms with E-state index in [1.54, 1.807) is 19.2 Å². The number of carboxylic acid groups (broad SMARTS) is 1. The number of para-hydroxylation sites is 1. The van der Waals surface area contributed by atoms with E-state index in [1.165, 1.54) is 11.8 Å². The van der Waals surface area contributed by atoms with Gasteiger partial charge in [0, 0.05) is 32.8 Å². The molecular weight excluding hydrogens is 443 g/mol. The van der Waals surface area contributed by atoms with Gasteiger partial charge < -0.3 is 19.5 Å². The number of nitrogens with zero attached hydrogens (tertiary/aromatic N) is 2. The SMILES string of the molecule is CCC1=C(C(=O)[O-])C(c2ccccc2OC)N2C=C(c3ccc(Cl)cc3Cl)SC2=N1. The van der Waals surface area contributed by atoms with Gasteiger partial charge in [0.15, 0.2) is 5.17 Å². The largest absolute Gasteiger partial charge is 0.545 e. The topological polar surface area (TPSA) is 65.0 Å². The number of aliphatic imine (C=N–C) groups is 1. The first-order valence-corrected chi connectivity index (χ1v) is 10.8. The molecule has 5 nitrogen and oxygen atoms in total. The van der Waals surface area contributed by atoms with Gasteiger partial charge in [-0.1, -0.05) is 54.4 Å². The molecular formula is C22H17Cl2N2O3S-. The van der Waals surface area contributed by atoms with Gasteiger partial charge in [0.1, 0.15) is 5.75 Å². The standard InChI is InChI=1S/C22H18Cl2N2O3S/c1-3-16-19(21(27)28)20(14-6-4-5-7-17(14)29-2)26-11-18(30-22(26)25-16)13-9-8-12(23)10-15(13)24/h4-11,20H,3H2,1-2H3,(H,27,28)/p-1. The van der Waals surface area contributed by atoms with Gasteiger partial charge >= 0.3 is 0 Å². The molecule has 0 radical (unpaired) electrons. The van der Waals surface area contributed by atoms with Gasteiger partial charge in [0.05, 0.1) is 29.8 Å². The third kappa shape index (κ3) is 3.60. The fourth-order valence-corrected chi connectivity index (χ4v) is 5.24. The molecule has 4 rings (SSSR count). The minimum Gasteiger partial charge on any atom is -0.545 e. The van der Waals surface area contributed by atoms with Crippen LogP contribution in [-0.2, 0) is 4.79 Å². The summed E-state index contributed by atoms with van der Waals surface area (Å²) in [7, 11) is 1.56. The second-order valence-corrected chi connectivity index (χ2v) is 8.52. The highest BCUT2D eigenvalue weighted by molar-refractivity contribution is 8.22. The molecule has 0 amide bonds. The van der Waals surface area contributed by atoms with Crippen molar-refractivity contribution in [2.75, 3.05) is 7.11 Å². The summed E-state index contributed by atoms with van der Waals surface area (Å²) in [5, 5.41) is 13.9. The van der Waals surface area contributed by atoms with Crippen LogP contribution in [-0.4, -0.2) is 23.1 Å². The number of fused-ring (bicyclic) bond motifs is 1. The van der Waals surface area contributed by atoms with Gasteiger partial charge in [-0.05, 0) is 36.4 Å². The number of rotatable bonds is 5. The van der Waals surface area contributed by atoms with Crippen LogP contribution in [0.4, 0.5) is 0 Å². The first-order chi connectivity index (χ1) is 14.4. The molecule has 0 aromatic heterocycles. The van der Waals surface area contributed by atoms with Crippen molar-refractivity contribution >= 4 is 51.0 Å². The Hall–Kier alpha value is -2.41. The van der Waals surface area contributed by atoms with E-state index >= 15 is 0 Å². The molecule has 0 bridgehead atoms. The predicted octanol–water partition coefficient (Wildman–Crippen LogP) is 4.87. The summed E-state index contributed by atoms with van der Waals surface area (Å²) in [6.07, 6.45) is 2.33. The Kier molecular flexibility index (Phi) is 5.82. The van der Waals surface area contributed by atoms with Crippen molar-refractivity contribution in [1.29, 1.82) is 0 Å². The van der Waals surface area contributed by atoms with Crippen LogP contribution in [0.3, 0.4) is 0 Å². The van der Waals surface area contributed by atoms with E-state index in [-0.39, 0.29) is 5.57 Å². The van der Waals surface area contributed by atoms with Gasteiger partial charge in [-0.25, -0.2) is 4.99 Å². The Balaban J connectivity index is 1.89. The van der Waals surface area contributed by atoms with E-state index < -0.39 is 12.0 Å². The van der Waals surface area contributed by atoms with Crippen LogP contribution in [0.2, 0.25) is 10.0 Å². The highest BCUT2D eigenvalue weighted by Gasteiger charge is 2.38. The average Bonchev–Trinajstić information content (AvgIpc) is 3.15. The number of hydrogen-bond donors (Lipinski definition) is 0. The Labute approximate surface area is 188 Å². The monoisotopic (exact) mass is 459 g/mol. The van der Waals surface area contributed by atoms with Gasteiger partial charge in [0.25, 0.3) is 0 Å². The number of thioether (sulfide) groups is 1. The molecule has 1 atom stereocenters. The number of amidine groups is 1. The molecule has 2 heterocycles. The fraction of sp³-hybridized carbons (Fsp3) is 0.182. The molecule has 0 N–H and O–H groups in total. The van der Waals surface area contributed by atoms with Gasteiger partial charge in [0.2, 0.25) is 0 Å². The molecule has 2 aliphatic heterocycles. The lowest BCUT2D eigenvalue weighted by molar-refractivity contribution is -0.300. The van der Waals surface area contributed by atoms with Gasteiger partial charge in [-0.15, -0.1) is 0 Å². The van der Waals surface area contributed by atoms with Crippen LogP contribution >= 0.6 is 35.0 Å². The number of ether oxygens (including phenoxy) is 1. The van der Waals surface area contributed by atoms with E-state index in [4.69, 9.17) is 27.9 Å². The van der Waals surface area contributed by atoms with Gasteiger partial charge in [-0.2, -0.15) is 0 Å². The van der Waals surface area contributed by atoms with Crippen LogP contribution in [0.15, 0.2) is 64.9 Å². The fourth-order valence-electron chi connectivity index (χ4n) is 3.61. The number of carboxylic acids is 1. The number of hydrogen-bond acceptors (Lipinski definition) is 6. The third-order valence-corrected chi connectivity index (χ3v) is 6.53. The highest BCUT2D eigenvalue weighted by atomic mass is 35.5. The van der Waals surface area contributed by atoms with Crippen molar-refractivity contribution in [3.05, 3.63) is 81.1 Å². The lowest BCUT2D eigenvalue weighted by Crippen LogP contribution is -2.38. The van der Waals surface area contributed by atoms with Crippen LogP contribution in [0.25, 0.3) is 4.91 Å². The maximum absolute atomic E-state index is 12.2. The molecule has 2 aromatic rings. The van der Waals surface area contributed by atoms with E-state index in [0.717, 1.165) is 16.0 Å². The first-order valence-electron chi connectivity index (χ1n) is 9.24. The molecule has 1 unspecified atom stereocenters. The highest BCUT2D eigenvalue weighted by Crippen LogP contribution is 2.49. The summed E-state index contributed by atoms with van der Waals surface area (Å²) < 4.78 is 5.52. The molecule has 8 heteroatoms. The lowest BCUT2D eigenvalue weighted by atomic mass is 9.93. The molecule has 0 spiro atoms. The van der Waals surface area contributed by atoms with Crippen LogP contribution in [0, 0.1) is 0 Å². The van der Waals surface area contributed by atoms with Crippen molar-refractivity contribution in [3.63, 3.8) is 0 Å². The molecule has 0 fully saturated rings. The van der Waals surface area contributed by atoms with E-state index in [1.807, 2.05) is 48.4 Å². The number of aliphatic carboxylic acids is 1. The zero-order chi connectivity index (χ0) is 21.4. The summed E-state index contributed by atoms with van der Waals surface area (Å²) >= 11 is 13.9. The summed E-state index contributed by atoms with van der Waals surface area (Å²) in [6.45, 7) is 1.88. The van der Waals surface area contributed by atoms with Crippen LogP contribution < -0.4 is 9.84 Å². The molecule has 30 heavy (non-hydrogen) atoms. The predicted molar refractivity (Wildman–Crippen MR) is 119 cm³/mol. The van der Waals surface area contributed by atoms with E-state index in [2.05, 4.69) is 4.99 Å². The summed E-state index contributed by atoms with van der Waals surface area (Å²) in [5.74, 6) is -0.656. The molecule has 0 saturated heterocycles. The first kappa shape index (κ1) is 20.8. The van der Waals surface area contributed by atoms with Crippen molar-refractivity contribution in [3.8, 4) is 5.75 Å². The minimum absolute atomic E-state index is 0.131. The zero-order valence-corrected chi connectivity index (χ0v) is 18.5. The summed E-state index contributed by atoms with van der Waals surface area (Å²) in [5.41, 5.74) is 2.14. The Morgan fingerprint density at radius 2 is 2.03 bits per heavy atom. The molecule has 0 saturated carbocycles. The zero-order valence-electron chi connectivity index (χ0n) is 16.2. The second kappa shape index (κ2) is 8.38. The van der Waals surface area contributed by atoms with E-state index in [9.17, 15) is 9.90 Å². The van der Waals surface area contributed by atoms with Crippen molar-refractivity contribution < 1.29 is 14.6 Å². The van der Waals surface area contributed by atoms with E-state index in [0.29, 0.717) is 33.1 Å². The number of carbonyl (C=O) groups is 1. The quantitative estimate of drug-likeness (QED) is 0.637. The number of halogens is 2. The number of allylic oxidation sites excluding steroid dienone is 1. The number of methoxy groups -OCH3 is 1. The normalized spacial score (nSPS) is 18.1. The maximum atomic E-state index is 12.2. The smallest absolute Gasteiger partial charge is 0.173 e. The second-order valence-electron chi connectivity index (χ2n) is 6.67. The molecule has 154 valence electrons. The van der Waals surface area contributed by atoms with Gasteiger partial charge in [-0.3, -0.25) is 0 Å². The number of benzene rings is 2. The van der Waals surface area contributed by atoms with Crippen molar-refractivity contribution in [2.45, 2.75) is 19.4 Å².